The van der Waals surface area contributed by atoms with E-state index in [4.69, 9.17) is 4.74 Å². The number of ether oxygens (including phenoxy) is 1. The third-order valence-electron chi connectivity index (χ3n) is 2.35. The van der Waals surface area contributed by atoms with Gasteiger partial charge >= 0.3 is 0 Å². The average Bonchev–Trinajstić information content (AvgIpc) is 2.36. The Morgan fingerprint density at radius 3 is 2.50 bits per heavy atom. The van der Waals surface area contributed by atoms with Gasteiger partial charge in [-0.3, -0.25) is 0 Å². The first-order chi connectivity index (χ1) is 8.69. The van der Waals surface area contributed by atoms with Crippen LogP contribution in [0, 0.1) is 5.82 Å². The molecule has 0 radical (unpaired) electrons. The summed E-state index contributed by atoms with van der Waals surface area (Å²) in [6.45, 7) is 0. The first-order valence-corrected chi connectivity index (χ1v) is 7.58. The summed E-state index contributed by atoms with van der Waals surface area (Å²) in [6, 6.07) is 12.0. The smallest absolute Gasteiger partial charge is 0.141 e. The minimum atomic E-state index is -0.267. The maximum atomic E-state index is 12.8. The summed E-state index contributed by atoms with van der Waals surface area (Å²) in [4.78, 5) is 0. The second kappa shape index (κ2) is 6.25. The maximum absolute atomic E-state index is 12.8. The molecule has 1 nitrogen and oxygen atoms in total. The van der Waals surface area contributed by atoms with Crippen LogP contribution < -0.4 is 4.74 Å². The fraction of sp³-hybridized carbons (Fsp3) is 0.143. The highest BCUT2D eigenvalue weighted by Gasteiger charge is 2.04. The molecule has 0 spiro atoms. The van der Waals surface area contributed by atoms with E-state index in [9.17, 15) is 4.39 Å². The molecule has 0 saturated heterocycles. The third-order valence-corrected chi connectivity index (χ3v) is 3.59. The van der Waals surface area contributed by atoms with E-state index >= 15 is 0 Å². The van der Waals surface area contributed by atoms with Crippen LogP contribution in [0.4, 0.5) is 4.39 Å². The van der Waals surface area contributed by atoms with E-state index < -0.39 is 0 Å². The topological polar surface area (TPSA) is 9.23 Å². The number of thioether (sulfide) groups is 1. The van der Waals surface area contributed by atoms with Crippen LogP contribution >= 0.6 is 27.7 Å². The van der Waals surface area contributed by atoms with E-state index in [-0.39, 0.29) is 5.82 Å². The van der Waals surface area contributed by atoms with E-state index in [0.29, 0.717) is 5.75 Å². The number of hydrogen-bond donors (Lipinski definition) is 0. The first kappa shape index (κ1) is 13.4. The molecule has 0 heterocycles. The van der Waals surface area contributed by atoms with Gasteiger partial charge in [-0.15, -0.1) is 0 Å². The molecule has 4 heteroatoms. The van der Waals surface area contributed by atoms with Crippen LogP contribution in [0.25, 0.3) is 0 Å². The molecule has 0 atom stereocenters. The summed E-state index contributed by atoms with van der Waals surface area (Å²) in [5.74, 6) is 2.05. The van der Waals surface area contributed by atoms with E-state index in [1.807, 2.05) is 18.2 Å². The molecule has 2 aromatic carbocycles. The van der Waals surface area contributed by atoms with Crippen LogP contribution in [0.2, 0.25) is 0 Å². The highest BCUT2D eigenvalue weighted by atomic mass is 79.9. The van der Waals surface area contributed by atoms with Gasteiger partial charge in [-0.2, -0.15) is 11.8 Å². The molecule has 0 aliphatic carbocycles. The highest BCUT2D eigenvalue weighted by Crippen LogP contribution is 2.31. The van der Waals surface area contributed by atoms with E-state index in [1.165, 1.54) is 17.7 Å². The molecule has 0 saturated carbocycles. The number of hydrogen-bond acceptors (Lipinski definition) is 2. The van der Waals surface area contributed by atoms with Gasteiger partial charge in [-0.05, 0) is 64.1 Å². The highest BCUT2D eigenvalue weighted by molar-refractivity contribution is 9.10. The fourth-order valence-corrected chi connectivity index (χ4v) is 2.53. The van der Waals surface area contributed by atoms with Crippen molar-refractivity contribution in [3.8, 4) is 11.5 Å². The Hall–Kier alpha value is -1.000. The summed E-state index contributed by atoms with van der Waals surface area (Å²) in [7, 11) is 0. The van der Waals surface area contributed by atoms with Gasteiger partial charge in [0.2, 0.25) is 0 Å². The van der Waals surface area contributed by atoms with E-state index in [2.05, 4.69) is 22.2 Å². The van der Waals surface area contributed by atoms with Gasteiger partial charge < -0.3 is 4.74 Å². The van der Waals surface area contributed by atoms with Gasteiger partial charge in [-0.1, -0.05) is 6.07 Å². The van der Waals surface area contributed by atoms with Crippen molar-refractivity contribution in [2.24, 2.45) is 0 Å². The van der Waals surface area contributed by atoms with Crippen LogP contribution in [0.5, 0.6) is 11.5 Å². The van der Waals surface area contributed by atoms with Crippen LogP contribution in [0.15, 0.2) is 46.9 Å². The second-order valence-corrected chi connectivity index (χ2v) is 5.47. The molecule has 2 rings (SSSR count). The quantitative estimate of drug-likeness (QED) is 0.759. The molecule has 0 bridgehead atoms. The zero-order chi connectivity index (χ0) is 13.0. The minimum Gasteiger partial charge on any atom is -0.456 e. The SMILES string of the molecule is CSCc1ccc(Oc2ccc(F)cc2)c(Br)c1. The van der Waals surface area contributed by atoms with E-state index in [0.717, 1.165) is 16.0 Å². The van der Waals surface area contributed by atoms with Crippen LogP contribution in [0.1, 0.15) is 5.56 Å². The van der Waals surface area contributed by atoms with Crippen molar-refractivity contribution in [1.29, 1.82) is 0 Å². The van der Waals surface area contributed by atoms with E-state index in [1.54, 1.807) is 23.9 Å². The summed E-state index contributed by atoms with van der Waals surface area (Å²) in [6.07, 6.45) is 2.07. The first-order valence-electron chi connectivity index (χ1n) is 5.40. The molecule has 18 heavy (non-hydrogen) atoms. The Morgan fingerprint density at radius 2 is 1.89 bits per heavy atom. The molecule has 0 aromatic heterocycles. The van der Waals surface area contributed by atoms with Crippen LogP contribution in [0.3, 0.4) is 0 Å². The number of rotatable bonds is 4. The summed E-state index contributed by atoms with van der Waals surface area (Å²) in [5, 5.41) is 0. The Bertz CT molecular complexity index is 528. The van der Waals surface area contributed by atoms with Crippen molar-refractivity contribution in [3.63, 3.8) is 0 Å². The second-order valence-electron chi connectivity index (χ2n) is 3.75. The molecule has 0 aliphatic rings. The molecular formula is C14H12BrFOS. The lowest BCUT2D eigenvalue weighted by Crippen LogP contribution is -1.88. The number of benzene rings is 2. The van der Waals surface area contributed by atoms with Gasteiger partial charge in [-0.25, -0.2) is 4.39 Å². The molecule has 0 aliphatic heterocycles. The third kappa shape index (κ3) is 3.50. The molecule has 0 N–H and O–H groups in total. The number of halogens is 2. The predicted molar refractivity (Wildman–Crippen MR) is 77.8 cm³/mol. The Balaban J connectivity index is 2.16. The molecule has 2 aromatic rings. The van der Waals surface area contributed by atoms with Gasteiger partial charge in [0, 0.05) is 5.75 Å². The molecular weight excluding hydrogens is 315 g/mol. The standard InChI is InChI=1S/C14H12BrFOS/c1-18-9-10-2-7-14(13(15)8-10)17-12-5-3-11(16)4-6-12/h2-8H,9H2,1H3. The summed E-state index contributed by atoms with van der Waals surface area (Å²) >= 11 is 5.25. The lowest BCUT2D eigenvalue weighted by Gasteiger charge is -2.09. The van der Waals surface area contributed by atoms with Gasteiger partial charge in [0.25, 0.3) is 0 Å². The minimum absolute atomic E-state index is 0.267. The Labute approximate surface area is 118 Å². The Morgan fingerprint density at radius 1 is 1.17 bits per heavy atom. The van der Waals surface area contributed by atoms with Gasteiger partial charge in [0.05, 0.1) is 4.47 Å². The predicted octanol–water partition coefficient (Wildman–Crippen LogP) is 5.24. The summed E-state index contributed by atoms with van der Waals surface area (Å²) in [5.41, 5.74) is 1.24. The molecule has 0 fully saturated rings. The average molecular weight is 327 g/mol. The van der Waals surface area contributed by atoms with Crippen molar-refractivity contribution < 1.29 is 9.13 Å². The van der Waals surface area contributed by atoms with Crippen LogP contribution in [-0.2, 0) is 5.75 Å². The zero-order valence-electron chi connectivity index (χ0n) is 9.82. The summed E-state index contributed by atoms with van der Waals surface area (Å²) < 4.78 is 19.4. The van der Waals surface area contributed by atoms with Crippen molar-refractivity contribution in [3.05, 3.63) is 58.3 Å². The maximum Gasteiger partial charge on any atom is 0.141 e. The van der Waals surface area contributed by atoms with Crippen molar-refractivity contribution in [2.45, 2.75) is 5.75 Å². The van der Waals surface area contributed by atoms with Crippen molar-refractivity contribution >= 4 is 27.7 Å². The normalized spacial score (nSPS) is 10.4. The zero-order valence-corrected chi connectivity index (χ0v) is 12.2. The Kier molecular flexibility index (Phi) is 4.66. The largest absolute Gasteiger partial charge is 0.456 e. The fourth-order valence-electron chi connectivity index (χ4n) is 1.51. The monoisotopic (exact) mass is 326 g/mol. The van der Waals surface area contributed by atoms with Gasteiger partial charge in [0.1, 0.15) is 17.3 Å². The molecule has 94 valence electrons. The lowest BCUT2D eigenvalue weighted by molar-refractivity contribution is 0.477. The van der Waals surface area contributed by atoms with Gasteiger partial charge in [0.15, 0.2) is 0 Å². The lowest BCUT2D eigenvalue weighted by atomic mass is 10.2. The molecule has 0 unspecified atom stereocenters. The van der Waals surface area contributed by atoms with Crippen molar-refractivity contribution in [1.82, 2.24) is 0 Å². The van der Waals surface area contributed by atoms with Crippen LogP contribution in [-0.4, -0.2) is 6.26 Å². The van der Waals surface area contributed by atoms with Crippen molar-refractivity contribution in [2.75, 3.05) is 6.26 Å². The molecule has 0 amide bonds.